The van der Waals surface area contributed by atoms with E-state index in [1.165, 1.54) is 38.5 Å². The van der Waals surface area contributed by atoms with Gasteiger partial charge in [0.1, 0.15) is 11.9 Å². The lowest BCUT2D eigenvalue weighted by atomic mass is 9.53. The SMILES string of the molecule is Cc1ncc(CN2CCNCC2C(=O)NC23CC4CC(CC(C4)C2)C3)n1Cc1ccc(C#N)cc1. The van der Waals surface area contributed by atoms with Crippen LogP contribution < -0.4 is 10.6 Å². The minimum atomic E-state index is -0.157. The summed E-state index contributed by atoms with van der Waals surface area (Å²) in [5.74, 6) is 3.63. The number of nitrogens with zero attached hydrogens (tertiary/aromatic N) is 4. The van der Waals surface area contributed by atoms with Crippen molar-refractivity contribution in [1.82, 2.24) is 25.1 Å². The van der Waals surface area contributed by atoms with Gasteiger partial charge in [0.2, 0.25) is 5.91 Å². The van der Waals surface area contributed by atoms with Crippen molar-refractivity contribution in [1.29, 1.82) is 5.26 Å². The molecule has 5 fully saturated rings. The van der Waals surface area contributed by atoms with Crippen LogP contribution in [0.2, 0.25) is 0 Å². The van der Waals surface area contributed by atoms with Crippen LogP contribution in [-0.4, -0.2) is 51.6 Å². The molecule has 1 aromatic heterocycles. The van der Waals surface area contributed by atoms with Crippen LogP contribution in [0.25, 0.3) is 0 Å². The van der Waals surface area contributed by atoms with E-state index < -0.39 is 0 Å². The van der Waals surface area contributed by atoms with E-state index >= 15 is 0 Å². The third-order valence-corrected chi connectivity index (χ3v) is 9.01. The summed E-state index contributed by atoms with van der Waals surface area (Å²) in [6.45, 7) is 5.88. The number of nitriles is 1. The Bertz CT molecular complexity index is 1090. The maximum absolute atomic E-state index is 13.7. The molecule has 2 N–H and O–H groups in total. The number of amides is 1. The summed E-state index contributed by atoms with van der Waals surface area (Å²) >= 11 is 0. The van der Waals surface area contributed by atoms with Gasteiger partial charge in [0, 0.05) is 44.5 Å². The highest BCUT2D eigenvalue weighted by Crippen LogP contribution is 2.55. The highest BCUT2D eigenvalue weighted by molar-refractivity contribution is 5.83. The van der Waals surface area contributed by atoms with Crippen molar-refractivity contribution in [3.05, 3.63) is 53.1 Å². The second kappa shape index (κ2) is 9.07. The number of rotatable bonds is 6. The monoisotopic (exact) mass is 472 g/mol. The van der Waals surface area contributed by atoms with Crippen LogP contribution in [0, 0.1) is 36.0 Å². The average molecular weight is 473 g/mol. The van der Waals surface area contributed by atoms with Gasteiger partial charge in [-0.05, 0) is 80.9 Å². The Morgan fingerprint density at radius 3 is 2.49 bits per heavy atom. The van der Waals surface area contributed by atoms with Crippen LogP contribution in [-0.2, 0) is 17.9 Å². The molecule has 0 spiro atoms. The second-order valence-corrected chi connectivity index (χ2v) is 11.6. The van der Waals surface area contributed by atoms with Crippen molar-refractivity contribution in [3.8, 4) is 6.07 Å². The van der Waals surface area contributed by atoms with E-state index in [1.807, 2.05) is 37.4 Å². The molecular weight excluding hydrogens is 436 g/mol. The predicted molar refractivity (Wildman–Crippen MR) is 133 cm³/mol. The standard InChI is InChI=1S/C28H36N6O/c1-19-31-15-25(34(19)17-21-4-2-20(14-29)3-5-21)18-33-7-6-30-16-26(33)27(35)32-28-11-22-8-23(12-28)10-24(9-22)13-28/h2-5,15,22-24,26,30H,6-13,16-18H2,1H3,(H,32,35). The number of hydrogen-bond donors (Lipinski definition) is 2. The molecule has 7 nitrogen and oxygen atoms in total. The van der Waals surface area contributed by atoms with Gasteiger partial charge >= 0.3 is 0 Å². The molecular formula is C28H36N6O. The van der Waals surface area contributed by atoms with Gasteiger partial charge in [-0.3, -0.25) is 9.69 Å². The van der Waals surface area contributed by atoms with Crippen LogP contribution >= 0.6 is 0 Å². The zero-order chi connectivity index (χ0) is 24.0. The number of aryl methyl sites for hydroxylation is 1. The molecule has 4 saturated carbocycles. The topological polar surface area (TPSA) is 86.0 Å². The average Bonchev–Trinajstić information content (AvgIpc) is 3.17. The molecule has 35 heavy (non-hydrogen) atoms. The fourth-order valence-corrected chi connectivity index (χ4v) is 7.74. The third kappa shape index (κ3) is 4.50. The molecule has 5 aliphatic rings. The van der Waals surface area contributed by atoms with Crippen LogP contribution in [0.3, 0.4) is 0 Å². The first-order valence-electron chi connectivity index (χ1n) is 13.3. The summed E-state index contributed by atoms with van der Waals surface area (Å²) in [5.41, 5.74) is 2.98. The van der Waals surface area contributed by atoms with Gasteiger partial charge in [-0.1, -0.05) is 12.1 Å². The van der Waals surface area contributed by atoms with E-state index in [-0.39, 0.29) is 17.5 Å². The molecule has 7 heteroatoms. The van der Waals surface area contributed by atoms with Gasteiger partial charge in [0.25, 0.3) is 0 Å². The van der Waals surface area contributed by atoms with E-state index in [2.05, 4.69) is 31.2 Å². The molecule has 1 amide bonds. The number of nitrogens with one attached hydrogen (secondary N) is 2. The highest BCUT2D eigenvalue weighted by Gasteiger charge is 2.52. The number of hydrogen-bond acceptors (Lipinski definition) is 5. The summed E-state index contributed by atoms with van der Waals surface area (Å²) < 4.78 is 2.23. The predicted octanol–water partition coefficient (Wildman–Crippen LogP) is 2.97. The zero-order valence-electron chi connectivity index (χ0n) is 20.7. The quantitative estimate of drug-likeness (QED) is 0.675. The fourth-order valence-electron chi connectivity index (χ4n) is 7.74. The first-order chi connectivity index (χ1) is 17.0. The first-order valence-corrected chi connectivity index (χ1v) is 13.3. The lowest BCUT2D eigenvalue weighted by Gasteiger charge is -2.57. The van der Waals surface area contributed by atoms with Crippen LogP contribution in [0.4, 0.5) is 0 Å². The van der Waals surface area contributed by atoms with Crippen LogP contribution in [0.5, 0.6) is 0 Å². The lowest BCUT2D eigenvalue weighted by molar-refractivity contribution is -0.133. The Kier molecular flexibility index (Phi) is 5.90. The van der Waals surface area contributed by atoms with Crippen molar-refractivity contribution in [3.63, 3.8) is 0 Å². The number of piperazine rings is 1. The van der Waals surface area contributed by atoms with Crippen molar-refractivity contribution < 1.29 is 4.79 Å². The second-order valence-electron chi connectivity index (χ2n) is 11.6. The summed E-state index contributed by atoms with van der Waals surface area (Å²) in [5, 5.41) is 16.2. The number of carbonyl (C=O) groups excluding carboxylic acids is 1. The van der Waals surface area contributed by atoms with Crippen molar-refractivity contribution in [2.75, 3.05) is 19.6 Å². The minimum Gasteiger partial charge on any atom is -0.349 e. The molecule has 1 aromatic carbocycles. The van der Waals surface area contributed by atoms with Gasteiger partial charge in [0.05, 0.1) is 17.3 Å². The Balaban J connectivity index is 1.16. The van der Waals surface area contributed by atoms with E-state index in [0.717, 1.165) is 47.9 Å². The molecule has 1 saturated heterocycles. The molecule has 0 radical (unpaired) electrons. The van der Waals surface area contributed by atoms with Gasteiger partial charge in [-0.25, -0.2) is 4.98 Å². The lowest BCUT2D eigenvalue weighted by Crippen LogP contribution is -2.65. The van der Waals surface area contributed by atoms with Crippen molar-refractivity contribution in [2.24, 2.45) is 17.8 Å². The number of aromatic nitrogens is 2. The maximum Gasteiger partial charge on any atom is 0.239 e. The highest BCUT2D eigenvalue weighted by atomic mass is 16.2. The molecule has 2 heterocycles. The summed E-state index contributed by atoms with van der Waals surface area (Å²) in [4.78, 5) is 20.6. The Hall–Kier alpha value is -2.69. The van der Waals surface area contributed by atoms with Crippen LogP contribution in [0.1, 0.15) is 61.2 Å². The van der Waals surface area contributed by atoms with E-state index in [1.54, 1.807) is 0 Å². The summed E-state index contributed by atoms with van der Waals surface area (Å²) in [6, 6.07) is 9.77. The van der Waals surface area contributed by atoms with Gasteiger partial charge < -0.3 is 15.2 Å². The molecule has 2 aromatic rings. The van der Waals surface area contributed by atoms with E-state index in [9.17, 15) is 4.79 Å². The largest absolute Gasteiger partial charge is 0.349 e. The number of benzene rings is 1. The van der Waals surface area contributed by atoms with Crippen LogP contribution in [0.15, 0.2) is 30.5 Å². The van der Waals surface area contributed by atoms with E-state index in [4.69, 9.17) is 5.26 Å². The van der Waals surface area contributed by atoms with E-state index in [0.29, 0.717) is 25.2 Å². The molecule has 1 unspecified atom stereocenters. The van der Waals surface area contributed by atoms with Crippen molar-refractivity contribution in [2.45, 2.75) is 70.1 Å². The Labute approximate surface area is 207 Å². The summed E-state index contributed by atoms with van der Waals surface area (Å²) in [6.07, 6.45) is 9.65. The molecule has 4 aliphatic carbocycles. The number of imidazole rings is 1. The molecule has 1 aliphatic heterocycles. The van der Waals surface area contributed by atoms with Crippen molar-refractivity contribution >= 4 is 5.91 Å². The first kappa shape index (κ1) is 22.8. The molecule has 4 bridgehead atoms. The smallest absolute Gasteiger partial charge is 0.239 e. The maximum atomic E-state index is 13.7. The van der Waals surface area contributed by atoms with Gasteiger partial charge in [0.15, 0.2) is 0 Å². The molecule has 184 valence electrons. The van der Waals surface area contributed by atoms with Gasteiger partial charge in [-0.15, -0.1) is 0 Å². The van der Waals surface area contributed by atoms with Gasteiger partial charge in [-0.2, -0.15) is 5.26 Å². The fraction of sp³-hybridized carbons (Fsp3) is 0.607. The Morgan fingerprint density at radius 1 is 1.14 bits per heavy atom. The molecule has 1 atom stereocenters. The summed E-state index contributed by atoms with van der Waals surface area (Å²) in [7, 11) is 0. The Morgan fingerprint density at radius 2 is 1.83 bits per heavy atom. The third-order valence-electron chi connectivity index (χ3n) is 9.01. The zero-order valence-corrected chi connectivity index (χ0v) is 20.7. The normalized spacial score (nSPS) is 31.9. The minimum absolute atomic E-state index is 0.0445. The number of carbonyl (C=O) groups is 1. The molecule has 7 rings (SSSR count).